The third kappa shape index (κ3) is 4.03. The summed E-state index contributed by atoms with van der Waals surface area (Å²) < 4.78 is 26.9. The molecule has 0 unspecified atom stereocenters. The zero-order valence-electron chi connectivity index (χ0n) is 11.2. The molecule has 0 aliphatic carbocycles. The normalized spacial score (nSPS) is 11.4. The Morgan fingerprint density at radius 3 is 2.75 bits per heavy atom. The summed E-state index contributed by atoms with van der Waals surface area (Å²) >= 11 is 1.44. The predicted molar refractivity (Wildman–Crippen MR) is 81.4 cm³/mol. The first-order chi connectivity index (χ1) is 9.62. The molecule has 108 valence electrons. The average molecular weight is 311 g/mol. The van der Waals surface area contributed by atoms with Crippen LogP contribution in [0.5, 0.6) is 0 Å². The number of pyridine rings is 1. The first-order valence-electron chi connectivity index (χ1n) is 6.33. The highest BCUT2D eigenvalue weighted by molar-refractivity contribution is 7.92. The Morgan fingerprint density at radius 2 is 2.05 bits per heavy atom. The van der Waals surface area contributed by atoms with Gasteiger partial charge in [-0.1, -0.05) is 6.92 Å². The molecule has 2 rings (SSSR count). The predicted octanol–water partition coefficient (Wildman–Crippen LogP) is 2.44. The molecule has 0 bridgehead atoms. The highest BCUT2D eigenvalue weighted by atomic mass is 32.2. The smallest absolute Gasteiger partial charge is 0.262 e. The fourth-order valence-electron chi connectivity index (χ4n) is 1.62. The number of nitrogens with one attached hydrogen (secondary N) is 2. The first-order valence-corrected chi connectivity index (χ1v) is 8.69. The highest BCUT2D eigenvalue weighted by Crippen LogP contribution is 2.21. The molecule has 0 spiro atoms. The van der Waals surface area contributed by atoms with Crippen LogP contribution in [0.15, 0.2) is 40.9 Å². The van der Waals surface area contributed by atoms with Crippen molar-refractivity contribution in [1.29, 1.82) is 0 Å². The van der Waals surface area contributed by atoms with Gasteiger partial charge < -0.3 is 5.32 Å². The van der Waals surface area contributed by atoms with Crippen LogP contribution in [0.25, 0.3) is 0 Å². The molecule has 0 fully saturated rings. The largest absolute Gasteiger partial charge is 0.312 e. The second-order valence-electron chi connectivity index (χ2n) is 4.27. The van der Waals surface area contributed by atoms with Crippen molar-refractivity contribution in [3.05, 3.63) is 40.8 Å². The van der Waals surface area contributed by atoms with E-state index in [4.69, 9.17) is 0 Å². The first kappa shape index (κ1) is 15.0. The van der Waals surface area contributed by atoms with E-state index in [1.807, 2.05) is 0 Å². The highest BCUT2D eigenvalue weighted by Gasteiger charge is 2.16. The zero-order chi connectivity index (χ0) is 14.4. The molecule has 5 nitrogen and oxygen atoms in total. The van der Waals surface area contributed by atoms with Gasteiger partial charge in [0.1, 0.15) is 0 Å². The Balaban J connectivity index is 2.06. The van der Waals surface area contributed by atoms with Crippen LogP contribution >= 0.6 is 11.3 Å². The summed E-state index contributed by atoms with van der Waals surface area (Å²) in [4.78, 5) is 5.16. The molecule has 0 atom stereocenters. The topological polar surface area (TPSA) is 71.1 Å². The second kappa shape index (κ2) is 6.83. The number of sulfonamides is 1. The molecule has 2 aromatic heterocycles. The van der Waals surface area contributed by atoms with Crippen molar-refractivity contribution in [2.75, 3.05) is 11.3 Å². The quantitative estimate of drug-likeness (QED) is 0.771. The van der Waals surface area contributed by atoms with Crippen LogP contribution in [0.1, 0.15) is 18.2 Å². The molecule has 20 heavy (non-hydrogen) atoms. The van der Waals surface area contributed by atoms with E-state index in [2.05, 4.69) is 21.9 Å². The lowest BCUT2D eigenvalue weighted by molar-refractivity contribution is 0.601. The molecule has 0 saturated heterocycles. The molecular weight excluding hydrogens is 294 g/mol. The lowest BCUT2D eigenvalue weighted by Crippen LogP contribution is -2.13. The Morgan fingerprint density at radius 1 is 1.30 bits per heavy atom. The van der Waals surface area contributed by atoms with Crippen molar-refractivity contribution in [2.45, 2.75) is 24.8 Å². The number of aromatic nitrogens is 1. The summed E-state index contributed by atoms with van der Waals surface area (Å²) in [5.41, 5.74) is 0.511. The molecule has 0 saturated carbocycles. The molecule has 2 heterocycles. The summed E-state index contributed by atoms with van der Waals surface area (Å²) in [5.74, 6) is 0. The fraction of sp³-hybridized carbons (Fsp3) is 0.308. The number of rotatable bonds is 7. The lowest BCUT2D eigenvalue weighted by atomic mass is 10.4. The number of thiophene rings is 1. The summed E-state index contributed by atoms with van der Waals surface area (Å²) in [6, 6.07) is 4.94. The Bertz CT molecular complexity index is 639. The van der Waals surface area contributed by atoms with E-state index < -0.39 is 10.0 Å². The van der Waals surface area contributed by atoms with Gasteiger partial charge in [-0.15, -0.1) is 11.3 Å². The standard InChI is InChI=1S/C13H17N3O2S2/c1-2-5-15-9-12-8-13(10-19-12)20(17,18)16-11-3-6-14-7-4-11/h3-4,6-8,10,15H,2,5,9H2,1H3,(H,14,16). The van der Waals surface area contributed by atoms with Crippen molar-refractivity contribution >= 4 is 27.0 Å². The maximum atomic E-state index is 12.2. The summed E-state index contributed by atoms with van der Waals surface area (Å²) in [6.45, 7) is 3.72. The molecule has 2 aromatic rings. The molecule has 2 N–H and O–H groups in total. The third-order valence-electron chi connectivity index (χ3n) is 2.60. The van der Waals surface area contributed by atoms with Gasteiger partial charge in [-0.25, -0.2) is 8.42 Å². The third-order valence-corrected chi connectivity index (χ3v) is 5.05. The molecule has 0 aliphatic heterocycles. The fourth-order valence-corrected chi connectivity index (χ4v) is 3.92. The minimum atomic E-state index is -3.52. The number of hydrogen-bond donors (Lipinski definition) is 2. The van der Waals surface area contributed by atoms with Crippen LogP contribution in [-0.2, 0) is 16.6 Å². The summed E-state index contributed by atoms with van der Waals surface area (Å²) in [7, 11) is -3.52. The average Bonchev–Trinajstić information content (AvgIpc) is 2.89. The van der Waals surface area contributed by atoms with Gasteiger partial charge in [0, 0.05) is 29.2 Å². The minimum absolute atomic E-state index is 0.299. The van der Waals surface area contributed by atoms with Gasteiger partial charge in [0.05, 0.1) is 10.6 Å². The van der Waals surface area contributed by atoms with E-state index in [0.717, 1.165) is 17.8 Å². The molecule has 7 heteroatoms. The van der Waals surface area contributed by atoms with E-state index in [0.29, 0.717) is 17.1 Å². The van der Waals surface area contributed by atoms with Gasteiger partial charge >= 0.3 is 0 Å². The van der Waals surface area contributed by atoms with Crippen LogP contribution in [0.2, 0.25) is 0 Å². The van der Waals surface area contributed by atoms with Crippen LogP contribution < -0.4 is 10.0 Å². The number of hydrogen-bond acceptors (Lipinski definition) is 5. The maximum absolute atomic E-state index is 12.2. The van der Waals surface area contributed by atoms with Crippen molar-refractivity contribution in [2.24, 2.45) is 0 Å². The van der Waals surface area contributed by atoms with Crippen LogP contribution in [0.3, 0.4) is 0 Å². The molecular formula is C13H17N3O2S2. The Labute approximate surface area is 123 Å². The van der Waals surface area contributed by atoms with E-state index >= 15 is 0 Å². The van der Waals surface area contributed by atoms with E-state index in [-0.39, 0.29) is 0 Å². The van der Waals surface area contributed by atoms with Crippen LogP contribution in [0, 0.1) is 0 Å². The monoisotopic (exact) mass is 311 g/mol. The van der Waals surface area contributed by atoms with Gasteiger partial charge in [-0.2, -0.15) is 0 Å². The number of nitrogens with zero attached hydrogens (tertiary/aromatic N) is 1. The summed E-state index contributed by atoms with van der Waals surface area (Å²) in [6.07, 6.45) is 4.15. The molecule has 0 aliphatic rings. The number of anilines is 1. The van der Waals surface area contributed by atoms with E-state index in [9.17, 15) is 8.42 Å². The van der Waals surface area contributed by atoms with Crippen molar-refractivity contribution in [3.8, 4) is 0 Å². The van der Waals surface area contributed by atoms with Gasteiger partial charge in [-0.05, 0) is 31.2 Å². The van der Waals surface area contributed by atoms with Crippen LogP contribution in [0.4, 0.5) is 5.69 Å². The van der Waals surface area contributed by atoms with Gasteiger partial charge in [0.15, 0.2) is 0 Å². The van der Waals surface area contributed by atoms with Gasteiger partial charge in [-0.3, -0.25) is 9.71 Å². The maximum Gasteiger partial charge on any atom is 0.262 e. The Hall–Kier alpha value is -1.44. The molecule has 0 radical (unpaired) electrons. The summed E-state index contributed by atoms with van der Waals surface area (Å²) in [5, 5.41) is 4.91. The van der Waals surface area contributed by atoms with Gasteiger partial charge in [0.2, 0.25) is 0 Å². The Kier molecular flexibility index (Phi) is 5.11. The molecule has 0 aromatic carbocycles. The van der Waals surface area contributed by atoms with Gasteiger partial charge in [0.25, 0.3) is 10.0 Å². The lowest BCUT2D eigenvalue weighted by Gasteiger charge is -2.05. The van der Waals surface area contributed by atoms with Crippen LogP contribution in [-0.4, -0.2) is 19.9 Å². The van der Waals surface area contributed by atoms with Crippen molar-refractivity contribution in [3.63, 3.8) is 0 Å². The van der Waals surface area contributed by atoms with E-state index in [1.165, 1.54) is 11.3 Å². The molecule has 0 amide bonds. The second-order valence-corrected chi connectivity index (χ2v) is 6.95. The zero-order valence-corrected chi connectivity index (χ0v) is 12.8. The SMILES string of the molecule is CCCNCc1cc(S(=O)(=O)Nc2ccncc2)cs1. The van der Waals surface area contributed by atoms with Crippen molar-refractivity contribution < 1.29 is 8.42 Å². The van der Waals surface area contributed by atoms with Crippen molar-refractivity contribution in [1.82, 2.24) is 10.3 Å². The minimum Gasteiger partial charge on any atom is -0.312 e. The van der Waals surface area contributed by atoms with E-state index in [1.54, 1.807) is 36.0 Å².